The first-order chi connectivity index (χ1) is 9.54. The molecule has 6 nitrogen and oxygen atoms in total. The largest absolute Gasteiger partial charge is 0.356 e. The molecule has 1 unspecified atom stereocenters. The van der Waals surface area contributed by atoms with Gasteiger partial charge in [-0.2, -0.15) is 0 Å². The minimum absolute atomic E-state index is 0. The van der Waals surface area contributed by atoms with E-state index in [-0.39, 0.29) is 23.3 Å². The average Bonchev–Trinajstić information content (AvgIpc) is 2.99. The summed E-state index contributed by atoms with van der Waals surface area (Å²) in [4.78, 5) is 0.181. The molecular weight excluding hydrogens is 314 g/mol. The second-order valence-electron chi connectivity index (χ2n) is 4.41. The van der Waals surface area contributed by atoms with E-state index in [1.54, 1.807) is 37.4 Å². The summed E-state index contributed by atoms with van der Waals surface area (Å²) in [5, 5.41) is 6.58. The van der Waals surface area contributed by atoms with E-state index < -0.39 is 10.0 Å². The number of halogens is 1. The maximum absolute atomic E-state index is 12.4. The molecule has 0 amide bonds. The third kappa shape index (κ3) is 4.28. The minimum atomic E-state index is -3.60. The summed E-state index contributed by atoms with van der Waals surface area (Å²) < 4.78 is 32.4. The van der Waals surface area contributed by atoms with Crippen LogP contribution in [0.2, 0.25) is 0 Å². The van der Waals surface area contributed by atoms with Gasteiger partial charge in [0.15, 0.2) is 5.76 Å². The van der Waals surface area contributed by atoms with Crippen molar-refractivity contribution in [3.8, 4) is 11.3 Å². The van der Waals surface area contributed by atoms with Crippen molar-refractivity contribution >= 4 is 22.4 Å². The first kappa shape index (κ1) is 17.6. The van der Waals surface area contributed by atoms with Crippen LogP contribution in [0.3, 0.4) is 0 Å². The molecule has 21 heavy (non-hydrogen) atoms. The SMILES string of the molecule is CNC(C)CNS(=O)(=O)c1ccccc1-c1ccno1.Cl. The van der Waals surface area contributed by atoms with Crippen LogP contribution in [0.25, 0.3) is 11.3 Å². The summed E-state index contributed by atoms with van der Waals surface area (Å²) in [6.07, 6.45) is 1.48. The van der Waals surface area contributed by atoms with Gasteiger partial charge in [0.25, 0.3) is 0 Å². The topological polar surface area (TPSA) is 84.2 Å². The van der Waals surface area contributed by atoms with Crippen LogP contribution < -0.4 is 10.0 Å². The van der Waals surface area contributed by atoms with Crippen molar-refractivity contribution in [1.82, 2.24) is 15.2 Å². The fourth-order valence-corrected chi connectivity index (χ4v) is 3.01. The van der Waals surface area contributed by atoms with Gasteiger partial charge in [-0.15, -0.1) is 12.4 Å². The molecule has 0 saturated carbocycles. The van der Waals surface area contributed by atoms with Gasteiger partial charge in [0.1, 0.15) is 0 Å². The van der Waals surface area contributed by atoms with Crippen LogP contribution in [0, 0.1) is 0 Å². The summed E-state index contributed by atoms with van der Waals surface area (Å²) in [7, 11) is -1.82. The average molecular weight is 332 g/mol. The molecule has 2 N–H and O–H groups in total. The molecule has 116 valence electrons. The molecule has 0 aliphatic rings. The Kier molecular flexibility index (Phi) is 6.35. The Bertz CT molecular complexity index is 659. The van der Waals surface area contributed by atoms with Gasteiger partial charge in [-0.3, -0.25) is 0 Å². The number of sulfonamides is 1. The predicted octanol–water partition coefficient (Wildman–Crippen LogP) is 1.65. The highest BCUT2D eigenvalue weighted by Crippen LogP contribution is 2.26. The third-order valence-electron chi connectivity index (χ3n) is 2.95. The summed E-state index contributed by atoms with van der Waals surface area (Å²) in [6.45, 7) is 2.20. The molecule has 1 heterocycles. The smallest absolute Gasteiger partial charge is 0.241 e. The number of hydrogen-bond donors (Lipinski definition) is 2. The quantitative estimate of drug-likeness (QED) is 0.840. The molecule has 1 aromatic carbocycles. The summed E-state index contributed by atoms with van der Waals surface area (Å²) in [6, 6.07) is 8.34. The maximum Gasteiger partial charge on any atom is 0.241 e. The van der Waals surface area contributed by atoms with Crippen LogP contribution in [0.5, 0.6) is 0 Å². The standard InChI is InChI=1S/C13H17N3O3S.ClH/c1-10(14-2)9-16-20(17,18)13-6-4-3-5-11(13)12-7-8-15-19-12;/h3-8,10,14,16H,9H2,1-2H3;1H. The number of likely N-dealkylation sites (N-methyl/N-ethyl adjacent to an activating group) is 1. The zero-order valence-electron chi connectivity index (χ0n) is 11.7. The van der Waals surface area contributed by atoms with Gasteiger partial charge >= 0.3 is 0 Å². The Balaban J connectivity index is 0.00000220. The van der Waals surface area contributed by atoms with Gasteiger partial charge < -0.3 is 9.84 Å². The zero-order chi connectivity index (χ0) is 14.6. The number of benzene rings is 1. The lowest BCUT2D eigenvalue weighted by atomic mass is 10.2. The lowest BCUT2D eigenvalue weighted by Gasteiger charge is -2.13. The fourth-order valence-electron chi connectivity index (χ4n) is 1.67. The first-order valence-corrected chi connectivity index (χ1v) is 7.70. The second-order valence-corrected chi connectivity index (χ2v) is 6.15. The molecule has 0 saturated heterocycles. The van der Waals surface area contributed by atoms with E-state index in [1.807, 2.05) is 6.92 Å². The molecule has 1 aromatic heterocycles. The van der Waals surface area contributed by atoms with E-state index in [9.17, 15) is 8.42 Å². The summed E-state index contributed by atoms with van der Waals surface area (Å²) in [5.41, 5.74) is 0.495. The Morgan fingerprint density at radius 3 is 2.62 bits per heavy atom. The number of nitrogens with zero attached hydrogens (tertiary/aromatic N) is 1. The maximum atomic E-state index is 12.4. The van der Waals surface area contributed by atoms with Crippen molar-refractivity contribution in [1.29, 1.82) is 0 Å². The minimum Gasteiger partial charge on any atom is -0.356 e. The van der Waals surface area contributed by atoms with E-state index in [4.69, 9.17) is 4.52 Å². The van der Waals surface area contributed by atoms with Gasteiger partial charge in [0.2, 0.25) is 10.0 Å². The van der Waals surface area contributed by atoms with Gasteiger partial charge in [-0.1, -0.05) is 17.3 Å². The first-order valence-electron chi connectivity index (χ1n) is 6.21. The molecule has 2 aromatic rings. The fraction of sp³-hybridized carbons (Fsp3) is 0.308. The summed E-state index contributed by atoms with van der Waals surface area (Å²) >= 11 is 0. The van der Waals surface area contributed by atoms with E-state index in [2.05, 4.69) is 15.2 Å². The van der Waals surface area contributed by atoms with Crippen LogP contribution >= 0.6 is 12.4 Å². The number of hydrogen-bond acceptors (Lipinski definition) is 5. The Morgan fingerprint density at radius 1 is 1.29 bits per heavy atom. The molecule has 0 bridgehead atoms. The van der Waals surface area contributed by atoms with Crippen molar-refractivity contribution in [2.75, 3.05) is 13.6 Å². The molecule has 0 spiro atoms. The molecule has 0 radical (unpaired) electrons. The lowest BCUT2D eigenvalue weighted by Crippen LogP contribution is -2.37. The van der Waals surface area contributed by atoms with Crippen LogP contribution in [0.15, 0.2) is 45.9 Å². The van der Waals surface area contributed by atoms with Crippen LogP contribution in [0.1, 0.15) is 6.92 Å². The third-order valence-corrected chi connectivity index (χ3v) is 4.43. The van der Waals surface area contributed by atoms with Crippen molar-refractivity contribution in [3.05, 3.63) is 36.5 Å². The van der Waals surface area contributed by atoms with Crippen molar-refractivity contribution in [2.24, 2.45) is 0 Å². The number of aromatic nitrogens is 1. The van der Waals surface area contributed by atoms with Crippen molar-refractivity contribution < 1.29 is 12.9 Å². The van der Waals surface area contributed by atoms with E-state index in [0.717, 1.165) is 0 Å². The highest BCUT2D eigenvalue weighted by molar-refractivity contribution is 7.89. The highest BCUT2D eigenvalue weighted by atomic mass is 35.5. The van der Waals surface area contributed by atoms with E-state index in [1.165, 1.54) is 6.20 Å². The monoisotopic (exact) mass is 331 g/mol. The predicted molar refractivity (Wildman–Crippen MR) is 82.9 cm³/mol. The normalized spacial score (nSPS) is 12.7. The molecular formula is C13H18ClN3O3S. The Morgan fingerprint density at radius 2 is 2.00 bits per heavy atom. The molecule has 1 atom stereocenters. The Labute approximate surface area is 130 Å². The van der Waals surface area contributed by atoms with E-state index >= 15 is 0 Å². The van der Waals surface area contributed by atoms with Crippen LogP contribution in [0.4, 0.5) is 0 Å². The van der Waals surface area contributed by atoms with Gasteiger partial charge in [-0.25, -0.2) is 13.1 Å². The molecule has 2 rings (SSSR count). The van der Waals surface area contributed by atoms with Crippen LogP contribution in [-0.4, -0.2) is 33.2 Å². The lowest BCUT2D eigenvalue weighted by molar-refractivity contribution is 0.431. The molecule has 0 fully saturated rings. The van der Waals surface area contributed by atoms with Crippen molar-refractivity contribution in [3.63, 3.8) is 0 Å². The number of rotatable bonds is 6. The van der Waals surface area contributed by atoms with Gasteiger partial charge in [0, 0.05) is 24.2 Å². The van der Waals surface area contributed by atoms with E-state index in [0.29, 0.717) is 17.9 Å². The molecule has 8 heteroatoms. The van der Waals surface area contributed by atoms with Crippen LogP contribution in [-0.2, 0) is 10.0 Å². The molecule has 0 aliphatic carbocycles. The Hall–Kier alpha value is -1.41. The molecule has 0 aliphatic heterocycles. The van der Waals surface area contributed by atoms with Gasteiger partial charge in [0.05, 0.1) is 11.1 Å². The number of nitrogens with one attached hydrogen (secondary N) is 2. The highest BCUT2D eigenvalue weighted by Gasteiger charge is 2.20. The van der Waals surface area contributed by atoms with Gasteiger partial charge in [-0.05, 0) is 26.1 Å². The second kappa shape index (κ2) is 7.56. The van der Waals surface area contributed by atoms with Crippen molar-refractivity contribution in [2.45, 2.75) is 17.9 Å². The zero-order valence-corrected chi connectivity index (χ0v) is 13.4. The summed E-state index contributed by atoms with van der Waals surface area (Å²) in [5.74, 6) is 0.424.